The number of hydrogen-bond donors (Lipinski definition) is 0. The van der Waals surface area contributed by atoms with Gasteiger partial charge in [0.1, 0.15) is 11.4 Å². The van der Waals surface area contributed by atoms with Crippen molar-refractivity contribution in [1.29, 1.82) is 0 Å². The molecule has 0 N–H and O–H groups in total. The molecule has 162 valence electrons. The van der Waals surface area contributed by atoms with Crippen LogP contribution in [0.5, 0.6) is 0 Å². The van der Waals surface area contributed by atoms with Crippen LogP contribution in [0.1, 0.15) is 16.1 Å². The van der Waals surface area contributed by atoms with Gasteiger partial charge in [0.05, 0.1) is 0 Å². The summed E-state index contributed by atoms with van der Waals surface area (Å²) in [7, 11) is 0. The molecule has 1 fully saturated rings. The lowest BCUT2D eigenvalue weighted by atomic mass is 10.1. The van der Waals surface area contributed by atoms with Crippen molar-refractivity contribution in [3.05, 3.63) is 89.3 Å². The van der Waals surface area contributed by atoms with Crippen molar-refractivity contribution in [2.45, 2.75) is 10.6 Å². The van der Waals surface area contributed by atoms with Crippen LogP contribution in [0.2, 0.25) is 5.02 Å². The Morgan fingerprint density at radius 2 is 1.72 bits per heavy atom. The van der Waals surface area contributed by atoms with Gasteiger partial charge in [-0.2, -0.15) is 0 Å². The van der Waals surface area contributed by atoms with Gasteiger partial charge in [-0.15, -0.1) is 11.8 Å². The second kappa shape index (κ2) is 9.27. The van der Waals surface area contributed by atoms with Crippen molar-refractivity contribution in [1.82, 2.24) is 9.88 Å². The van der Waals surface area contributed by atoms with E-state index in [1.165, 1.54) is 0 Å². The number of furan rings is 1. The number of halogens is 1. The van der Waals surface area contributed by atoms with E-state index in [0.29, 0.717) is 29.6 Å². The summed E-state index contributed by atoms with van der Waals surface area (Å²) in [5.41, 5.74) is 1.69. The molecule has 0 saturated carbocycles. The number of hydrogen-bond acceptors (Lipinski definition) is 5. The number of pyridine rings is 1. The van der Waals surface area contributed by atoms with E-state index in [2.05, 4.69) is 9.88 Å². The Morgan fingerprint density at radius 1 is 0.969 bits per heavy atom. The largest absolute Gasteiger partial charge is 0.451 e. The quantitative estimate of drug-likeness (QED) is 0.353. The van der Waals surface area contributed by atoms with Gasteiger partial charge in [-0.05, 0) is 42.5 Å². The lowest BCUT2D eigenvalue weighted by molar-refractivity contribution is 0.0715. The van der Waals surface area contributed by atoms with Gasteiger partial charge in [-0.1, -0.05) is 35.9 Å². The highest BCUT2D eigenvalue weighted by atomic mass is 35.5. The van der Waals surface area contributed by atoms with Crippen LogP contribution in [0.15, 0.2) is 82.2 Å². The van der Waals surface area contributed by atoms with Gasteiger partial charge in [0.15, 0.2) is 5.76 Å². The fourth-order valence-corrected chi connectivity index (χ4v) is 4.98. The molecular weight excluding hydrogens is 442 g/mol. The Balaban J connectivity index is 1.35. The van der Waals surface area contributed by atoms with Gasteiger partial charge in [-0.25, -0.2) is 4.98 Å². The van der Waals surface area contributed by atoms with E-state index in [0.717, 1.165) is 40.3 Å². The summed E-state index contributed by atoms with van der Waals surface area (Å²) in [5, 5.41) is 1.70. The number of amides is 1. The van der Waals surface area contributed by atoms with E-state index >= 15 is 0 Å². The Labute approximate surface area is 196 Å². The number of carbonyl (C=O) groups is 1. The highest BCUT2D eigenvalue weighted by molar-refractivity contribution is 7.98. The third kappa shape index (κ3) is 4.33. The van der Waals surface area contributed by atoms with Crippen molar-refractivity contribution < 1.29 is 9.21 Å². The summed E-state index contributed by atoms with van der Waals surface area (Å²) in [6.45, 7) is 2.77. The number of piperazine rings is 1. The number of thioether (sulfide) groups is 1. The molecule has 32 heavy (non-hydrogen) atoms. The molecule has 2 aromatic heterocycles. The first kappa shape index (κ1) is 20.9. The van der Waals surface area contributed by atoms with Gasteiger partial charge < -0.3 is 14.2 Å². The molecule has 7 heteroatoms. The molecule has 0 aliphatic carbocycles. The minimum atomic E-state index is -0.0476. The van der Waals surface area contributed by atoms with E-state index < -0.39 is 0 Å². The van der Waals surface area contributed by atoms with Crippen molar-refractivity contribution in [3.63, 3.8) is 0 Å². The summed E-state index contributed by atoms with van der Waals surface area (Å²) in [5.74, 6) is 1.99. The van der Waals surface area contributed by atoms with Crippen LogP contribution in [0, 0.1) is 0 Å². The predicted octanol–water partition coefficient (Wildman–Crippen LogP) is 5.74. The van der Waals surface area contributed by atoms with Crippen LogP contribution in [0.25, 0.3) is 11.0 Å². The normalized spacial score (nSPS) is 14.2. The highest BCUT2D eigenvalue weighted by Gasteiger charge is 2.28. The first-order valence-electron chi connectivity index (χ1n) is 10.5. The molecule has 3 heterocycles. The van der Waals surface area contributed by atoms with Crippen LogP contribution in [-0.4, -0.2) is 42.0 Å². The topological polar surface area (TPSA) is 49.6 Å². The smallest absolute Gasteiger partial charge is 0.290 e. The van der Waals surface area contributed by atoms with E-state index in [9.17, 15) is 4.79 Å². The van der Waals surface area contributed by atoms with Gasteiger partial charge in [0.25, 0.3) is 5.91 Å². The van der Waals surface area contributed by atoms with Crippen molar-refractivity contribution in [2.75, 3.05) is 31.1 Å². The summed E-state index contributed by atoms with van der Waals surface area (Å²) in [6.07, 6.45) is 1.80. The molecule has 5 nitrogen and oxygen atoms in total. The zero-order chi connectivity index (χ0) is 21.9. The van der Waals surface area contributed by atoms with E-state index in [4.69, 9.17) is 16.0 Å². The standard InChI is InChI=1S/C25H22ClN3O2S/c26-18-8-10-19(11-9-18)32-17-21-20-5-1-2-6-22(20)31-24(21)25(30)29-15-13-28(14-16-29)23-7-3-4-12-27-23/h1-12H,13-17H2. The summed E-state index contributed by atoms with van der Waals surface area (Å²) in [4.78, 5) is 23.1. The van der Waals surface area contributed by atoms with Crippen LogP contribution >= 0.6 is 23.4 Å². The average molecular weight is 464 g/mol. The second-order valence-corrected chi connectivity index (χ2v) is 9.10. The molecule has 5 rings (SSSR count). The van der Waals surface area contributed by atoms with E-state index in [1.807, 2.05) is 71.6 Å². The Hall–Kier alpha value is -2.96. The number of carbonyl (C=O) groups excluding carboxylic acids is 1. The lowest BCUT2D eigenvalue weighted by Crippen LogP contribution is -2.49. The average Bonchev–Trinajstić information content (AvgIpc) is 3.22. The number of nitrogens with zero attached hydrogens (tertiary/aromatic N) is 3. The maximum Gasteiger partial charge on any atom is 0.290 e. The molecule has 0 atom stereocenters. The first-order chi connectivity index (χ1) is 15.7. The maximum atomic E-state index is 13.5. The van der Waals surface area contributed by atoms with Crippen LogP contribution in [0.4, 0.5) is 5.82 Å². The zero-order valence-corrected chi connectivity index (χ0v) is 19.0. The molecule has 4 aromatic rings. The van der Waals surface area contributed by atoms with E-state index in [1.54, 1.807) is 18.0 Å². The maximum absolute atomic E-state index is 13.5. The highest BCUT2D eigenvalue weighted by Crippen LogP contribution is 2.33. The SMILES string of the molecule is O=C(c1oc2ccccc2c1CSc1ccc(Cl)cc1)N1CCN(c2ccccn2)CC1. The molecule has 0 bridgehead atoms. The van der Waals surface area contributed by atoms with Crippen LogP contribution < -0.4 is 4.90 Å². The summed E-state index contributed by atoms with van der Waals surface area (Å²) in [6, 6.07) is 21.5. The Kier molecular flexibility index (Phi) is 6.06. The fraction of sp³-hybridized carbons (Fsp3) is 0.200. The molecule has 2 aromatic carbocycles. The number of anilines is 1. The van der Waals surface area contributed by atoms with Crippen LogP contribution in [-0.2, 0) is 5.75 Å². The molecule has 0 spiro atoms. The molecule has 0 unspecified atom stereocenters. The predicted molar refractivity (Wildman–Crippen MR) is 130 cm³/mol. The third-order valence-corrected chi connectivity index (χ3v) is 6.92. The molecule has 1 amide bonds. The lowest BCUT2D eigenvalue weighted by Gasteiger charge is -2.35. The zero-order valence-electron chi connectivity index (χ0n) is 17.4. The van der Waals surface area contributed by atoms with E-state index in [-0.39, 0.29) is 5.91 Å². The number of benzene rings is 2. The number of rotatable bonds is 5. The monoisotopic (exact) mass is 463 g/mol. The minimum Gasteiger partial charge on any atom is -0.451 e. The molecule has 1 aliphatic rings. The summed E-state index contributed by atoms with van der Waals surface area (Å²) >= 11 is 7.68. The number of fused-ring (bicyclic) bond motifs is 1. The second-order valence-electron chi connectivity index (χ2n) is 7.62. The van der Waals surface area contributed by atoms with Gasteiger partial charge in [0.2, 0.25) is 0 Å². The van der Waals surface area contributed by atoms with Gasteiger partial charge in [0, 0.05) is 59.0 Å². The van der Waals surface area contributed by atoms with Gasteiger partial charge >= 0.3 is 0 Å². The van der Waals surface area contributed by atoms with Crippen molar-refractivity contribution in [2.24, 2.45) is 0 Å². The first-order valence-corrected chi connectivity index (χ1v) is 11.9. The molecule has 1 aliphatic heterocycles. The third-order valence-electron chi connectivity index (χ3n) is 5.63. The minimum absolute atomic E-state index is 0.0476. The summed E-state index contributed by atoms with van der Waals surface area (Å²) < 4.78 is 6.08. The molecule has 1 saturated heterocycles. The molecule has 0 radical (unpaired) electrons. The Bertz CT molecular complexity index is 1220. The van der Waals surface area contributed by atoms with Crippen LogP contribution in [0.3, 0.4) is 0 Å². The fourth-order valence-electron chi connectivity index (χ4n) is 3.92. The number of para-hydroxylation sites is 1. The van der Waals surface area contributed by atoms with Gasteiger partial charge in [-0.3, -0.25) is 4.79 Å². The van der Waals surface area contributed by atoms with Crippen molar-refractivity contribution >= 4 is 46.1 Å². The van der Waals surface area contributed by atoms with Crippen molar-refractivity contribution in [3.8, 4) is 0 Å². The molecular formula is C25H22ClN3O2S. The number of aromatic nitrogens is 1. The Morgan fingerprint density at radius 3 is 2.47 bits per heavy atom.